The van der Waals surface area contributed by atoms with Gasteiger partial charge >= 0.3 is 6.09 Å². The Morgan fingerprint density at radius 2 is 2.07 bits per heavy atom. The van der Waals surface area contributed by atoms with E-state index in [1.54, 1.807) is 4.90 Å². The summed E-state index contributed by atoms with van der Waals surface area (Å²) in [5.41, 5.74) is 0. The summed E-state index contributed by atoms with van der Waals surface area (Å²) in [7, 11) is 0. The van der Waals surface area contributed by atoms with Crippen LogP contribution in [0.1, 0.15) is 32.1 Å². The molecule has 2 rings (SSSR count). The fourth-order valence-electron chi connectivity index (χ4n) is 2.33. The van der Waals surface area contributed by atoms with Crippen LogP contribution in [0.4, 0.5) is 4.79 Å². The average molecular weight is 199 g/mol. The zero-order chi connectivity index (χ0) is 9.97. The fraction of sp³-hybridized carbons (Fsp3) is 0.900. The number of aliphatic hydroxyl groups excluding tert-OH is 1. The zero-order valence-corrected chi connectivity index (χ0v) is 8.32. The first kappa shape index (κ1) is 9.77. The topological polar surface area (TPSA) is 49.8 Å². The minimum atomic E-state index is -0.301. The Labute approximate surface area is 83.8 Å². The Balaban J connectivity index is 1.93. The summed E-state index contributed by atoms with van der Waals surface area (Å²) in [5.74, 6) is 0. The lowest BCUT2D eigenvalue weighted by atomic mass is 9.94. The molecule has 0 spiro atoms. The van der Waals surface area contributed by atoms with Crippen molar-refractivity contribution < 1.29 is 14.6 Å². The molecule has 80 valence electrons. The van der Waals surface area contributed by atoms with Crippen LogP contribution in [0.5, 0.6) is 0 Å². The lowest BCUT2D eigenvalue weighted by Crippen LogP contribution is -2.38. The maximum atomic E-state index is 11.4. The van der Waals surface area contributed by atoms with E-state index in [9.17, 15) is 4.79 Å². The molecule has 1 heterocycles. The quantitative estimate of drug-likeness (QED) is 0.725. The minimum absolute atomic E-state index is 0.0606. The van der Waals surface area contributed by atoms with Gasteiger partial charge in [-0.1, -0.05) is 19.3 Å². The monoisotopic (exact) mass is 199 g/mol. The summed E-state index contributed by atoms with van der Waals surface area (Å²) in [4.78, 5) is 13.2. The molecule has 4 heteroatoms. The number of nitrogens with zero attached hydrogens (tertiary/aromatic N) is 1. The van der Waals surface area contributed by atoms with Crippen LogP contribution in [-0.2, 0) is 4.74 Å². The molecule has 1 saturated carbocycles. The van der Waals surface area contributed by atoms with Crippen molar-refractivity contribution in [1.82, 2.24) is 4.90 Å². The second-order valence-electron chi connectivity index (χ2n) is 4.13. The summed E-state index contributed by atoms with van der Waals surface area (Å²) >= 11 is 0. The third-order valence-corrected chi connectivity index (χ3v) is 3.12. The summed E-state index contributed by atoms with van der Waals surface area (Å²) in [6.07, 6.45) is 5.33. The average Bonchev–Trinajstić information content (AvgIpc) is 2.61. The molecule has 0 aromatic rings. The van der Waals surface area contributed by atoms with Gasteiger partial charge in [0.05, 0.1) is 13.2 Å². The number of cyclic esters (lactones) is 1. The van der Waals surface area contributed by atoms with E-state index in [0.717, 1.165) is 12.8 Å². The van der Waals surface area contributed by atoms with Crippen molar-refractivity contribution in [2.24, 2.45) is 0 Å². The molecule has 2 aliphatic rings. The number of hydrogen-bond donors (Lipinski definition) is 1. The van der Waals surface area contributed by atoms with Gasteiger partial charge in [-0.25, -0.2) is 4.79 Å². The van der Waals surface area contributed by atoms with Crippen LogP contribution < -0.4 is 0 Å². The summed E-state index contributed by atoms with van der Waals surface area (Å²) < 4.78 is 5.01. The van der Waals surface area contributed by atoms with Crippen molar-refractivity contribution in [3.8, 4) is 0 Å². The van der Waals surface area contributed by atoms with Crippen LogP contribution in [0.15, 0.2) is 0 Å². The highest BCUT2D eigenvalue weighted by Gasteiger charge is 2.35. The van der Waals surface area contributed by atoms with E-state index >= 15 is 0 Å². The van der Waals surface area contributed by atoms with Gasteiger partial charge in [-0.05, 0) is 12.8 Å². The molecule has 1 N–H and O–H groups in total. The van der Waals surface area contributed by atoms with Gasteiger partial charge in [0.15, 0.2) is 0 Å². The van der Waals surface area contributed by atoms with Gasteiger partial charge in [0, 0.05) is 6.04 Å². The van der Waals surface area contributed by atoms with Crippen LogP contribution >= 0.6 is 0 Å². The molecule has 2 fully saturated rings. The Bertz CT molecular complexity index is 213. The van der Waals surface area contributed by atoms with E-state index in [-0.39, 0.29) is 18.8 Å². The first-order valence-electron chi connectivity index (χ1n) is 5.39. The maximum absolute atomic E-state index is 11.4. The zero-order valence-electron chi connectivity index (χ0n) is 8.32. The van der Waals surface area contributed by atoms with Crippen molar-refractivity contribution in [3.63, 3.8) is 0 Å². The van der Waals surface area contributed by atoms with Crippen LogP contribution in [-0.4, -0.2) is 41.4 Å². The molecular formula is C10H17NO3. The standard InChI is InChI=1S/C10H17NO3/c12-7-9-6-11(10(13)14-9)8-4-2-1-3-5-8/h8-9,12H,1-7H2/t9-/m1/s1. The number of rotatable bonds is 2. The van der Waals surface area contributed by atoms with Gasteiger partial charge in [-0.3, -0.25) is 0 Å². The lowest BCUT2D eigenvalue weighted by molar-refractivity contribution is 0.0934. The van der Waals surface area contributed by atoms with Crippen LogP contribution in [0.3, 0.4) is 0 Å². The summed E-state index contributed by atoms with van der Waals surface area (Å²) in [6.45, 7) is 0.509. The third kappa shape index (κ3) is 1.85. The molecule has 0 aromatic carbocycles. The second-order valence-corrected chi connectivity index (χ2v) is 4.13. The molecule has 1 aliphatic heterocycles. The number of carbonyl (C=O) groups is 1. The molecular weight excluding hydrogens is 182 g/mol. The first-order chi connectivity index (χ1) is 6.81. The highest BCUT2D eigenvalue weighted by atomic mass is 16.6. The van der Waals surface area contributed by atoms with Crippen molar-refractivity contribution in [1.29, 1.82) is 0 Å². The van der Waals surface area contributed by atoms with E-state index < -0.39 is 0 Å². The molecule has 1 atom stereocenters. The van der Waals surface area contributed by atoms with Crippen molar-refractivity contribution in [2.45, 2.75) is 44.2 Å². The maximum Gasteiger partial charge on any atom is 0.410 e. The largest absolute Gasteiger partial charge is 0.442 e. The normalized spacial score (nSPS) is 29.4. The summed E-state index contributed by atoms with van der Waals surface area (Å²) in [6, 6.07) is 0.354. The van der Waals surface area contributed by atoms with Gasteiger partial charge in [0.2, 0.25) is 0 Å². The van der Waals surface area contributed by atoms with E-state index in [2.05, 4.69) is 0 Å². The molecule has 1 saturated heterocycles. The number of carbonyl (C=O) groups excluding carboxylic acids is 1. The third-order valence-electron chi connectivity index (χ3n) is 3.12. The summed E-state index contributed by atoms with van der Waals surface area (Å²) in [5, 5.41) is 8.90. The predicted octanol–water partition coefficient (Wildman–Crippen LogP) is 1.13. The van der Waals surface area contributed by atoms with Gasteiger partial charge in [0.1, 0.15) is 6.10 Å². The van der Waals surface area contributed by atoms with Gasteiger partial charge < -0.3 is 14.7 Å². The smallest absolute Gasteiger partial charge is 0.410 e. The number of amides is 1. The molecule has 14 heavy (non-hydrogen) atoms. The fourth-order valence-corrected chi connectivity index (χ4v) is 2.33. The molecule has 0 bridgehead atoms. The highest BCUT2D eigenvalue weighted by molar-refractivity contribution is 5.70. The predicted molar refractivity (Wildman–Crippen MR) is 50.9 cm³/mol. The van der Waals surface area contributed by atoms with E-state index in [0.29, 0.717) is 12.6 Å². The van der Waals surface area contributed by atoms with Crippen molar-refractivity contribution in [2.75, 3.05) is 13.2 Å². The SMILES string of the molecule is O=C1O[C@@H](CO)CN1C1CCCCC1. The van der Waals surface area contributed by atoms with Gasteiger partial charge in [-0.2, -0.15) is 0 Å². The molecule has 0 radical (unpaired) electrons. The molecule has 0 aromatic heterocycles. The Morgan fingerprint density at radius 3 is 2.64 bits per heavy atom. The Hall–Kier alpha value is -0.770. The van der Waals surface area contributed by atoms with E-state index in [4.69, 9.17) is 9.84 Å². The van der Waals surface area contributed by atoms with E-state index in [1.807, 2.05) is 0 Å². The number of aliphatic hydroxyl groups is 1. The van der Waals surface area contributed by atoms with E-state index in [1.165, 1.54) is 19.3 Å². The molecule has 1 amide bonds. The van der Waals surface area contributed by atoms with Crippen LogP contribution in [0.2, 0.25) is 0 Å². The second kappa shape index (κ2) is 4.17. The Morgan fingerprint density at radius 1 is 1.36 bits per heavy atom. The van der Waals surface area contributed by atoms with Crippen LogP contribution in [0, 0.1) is 0 Å². The number of ether oxygens (including phenoxy) is 1. The Kier molecular flexibility index (Phi) is 2.91. The molecule has 0 unspecified atom stereocenters. The minimum Gasteiger partial charge on any atom is -0.442 e. The molecule has 1 aliphatic carbocycles. The van der Waals surface area contributed by atoms with Gasteiger partial charge in [0.25, 0.3) is 0 Å². The molecule has 4 nitrogen and oxygen atoms in total. The highest BCUT2D eigenvalue weighted by Crippen LogP contribution is 2.26. The van der Waals surface area contributed by atoms with Crippen molar-refractivity contribution >= 4 is 6.09 Å². The number of hydrogen-bond acceptors (Lipinski definition) is 3. The van der Waals surface area contributed by atoms with Crippen molar-refractivity contribution in [3.05, 3.63) is 0 Å². The first-order valence-corrected chi connectivity index (χ1v) is 5.39. The van der Waals surface area contributed by atoms with Crippen LogP contribution in [0.25, 0.3) is 0 Å². The van der Waals surface area contributed by atoms with Gasteiger partial charge in [-0.15, -0.1) is 0 Å². The lowest BCUT2D eigenvalue weighted by Gasteiger charge is -2.28.